The monoisotopic (exact) mass is 469 g/mol. The van der Waals surface area contributed by atoms with Crippen LogP contribution in [0.2, 0.25) is 5.02 Å². The summed E-state index contributed by atoms with van der Waals surface area (Å²) in [6, 6.07) is 13.8. The molecule has 3 amide bonds. The number of halogens is 1. The lowest BCUT2D eigenvalue weighted by atomic mass is 10.2. The van der Waals surface area contributed by atoms with Crippen molar-refractivity contribution < 1.29 is 19.1 Å². The van der Waals surface area contributed by atoms with Crippen molar-refractivity contribution in [3.63, 3.8) is 0 Å². The quantitative estimate of drug-likeness (QED) is 0.509. The molecule has 2 heterocycles. The number of aromatic nitrogens is 3. The fourth-order valence-electron chi connectivity index (χ4n) is 2.75. The zero-order valence-electron chi connectivity index (χ0n) is 16.4. The molecule has 0 radical (unpaired) electrons. The van der Waals surface area contributed by atoms with Crippen LogP contribution >= 0.6 is 23.4 Å². The molecule has 0 bridgehead atoms. The van der Waals surface area contributed by atoms with Gasteiger partial charge in [-0.05, 0) is 59.8 Å². The van der Waals surface area contributed by atoms with E-state index in [1.165, 1.54) is 4.68 Å². The number of rotatable bonds is 7. The van der Waals surface area contributed by atoms with Crippen LogP contribution in [0.25, 0.3) is 6.08 Å². The second-order valence-corrected chi connectivity index (χ2v) is 8.12. The van der Waals surface area contributed by atoms with Crippen molar-refractivity contribution in [2.24, 2.45) is 0 Å². The van der Waals surface area contributed by atoms with E-state index in [1.54, 1.807) is 60.8 Å². The highest BCUT2D eigenvalue weighted by Crippen LogP contribution is 2.26. The maximum atomic E-state index is 12.1. The first-order valence-electron chi connectivity index (χ1n) is 9.37. The second-order valence-electron chi connectivity index (χ2n) is 6.67. The number of ether oxygens (including phenoxy) is 1. The average molecular weight is 470 g/mol. The summed E-state index contributed by atoms with van der Waals surface area (Å²) in [4.78, 5) is 35.3. The summed E-state index contributed by atoms with van der Waals surface area (Å²) >= 11 is 6.70. The Labute approximate surface area is 191 Å². The molecule has 32 heavy (non-hydrogen) atoms. The highest BCUT2D eigenvalue weighted by Gasteiger charge is 2.24. The fourth-order valence-corrected chi connectivity index (χ4v) is 3.56. The Kier molecular flexibility index (Phi) is 6.52. The highest BCUT2D eigenvalue weighted by atomic mass is 35.5. The van der Waals surface area contributed by atoms with Crippen molar-refractivity contribution in [2.45, 2.75) is 13.2 Å². The van der Waals surface area contributed by atoms with Crippen LogP contribution in [0.3, 0.4) is 0 Å². The number of nitrogens with one attached hydrogen (secondary N) is 2. The number of hydrogen-bond donors (Lipinski definition) is 2. The van der Waals surface area contributed by atoms with Gasteiger partial charge in [-0.1, -0.05) is 28.9 Å². The molecule has 3 aromatic rings. The van der Waals surface area contributed by atoms with E-state index in [2.05, 4.69) is 20.9 Å². The largest absolute Gasteiger partial charge is 0.487 e. The first kappa shape index (κ1) is 21.6. The molecule has 2 aromatic carbocycles. The molecular weight excluding hydrogens is 454 g/mol. The van der Waals surface area contributed by atoms with Crippen molar-refractivity contribution in [3.8, 4) is 5.75 Å². The molecule has 0 atom stereocenters. The summed E-state index contributed by atoms with van der Waals surface area (Å²) in [5.41, 5.74) is 1.97. The van der Waals surface area contributed by atoms with E-state index in [0.29, 0.717) is 27.1 Å². The summed E-state index contributed by atoms with van der Waals surface area (Å²) in [7, 11) is 0. The lowest BCUT2D eigenvalue weighted by molar-refractivity contribution is -0.117. The Morgan fingerprint density at radius 3 is 2.59 bits per heavy atom. The van der Waals surface area contributed by atoms with Gasteiger partial charge in [-0.3, -0.25) is 19.7 Å². The van der Waals surface area contributed by atoms with Crippen LogP contribution in [0.5, 0.6) is 5.75 Å². The maximum Gasteiger partial charge on any atom is 0.290 e. The SMILES string of the molecule is O=C(Cn1cc(COc2ccc(C=C3SC(=O)NC3=O)cc2)nn1)Nc1ccc(Cl)cc1. The highest BCUT2D eigenvalue weighted by molar-refractivity contribution is 8.18. The van der Waals surface area contributed by atoms with Crippen LogP contribution in [-0.2, 0) is 22.7 Å². The number of carbonyl (C=O) groups is 3. The normalized spacial score (nSPS) is 14.5. The van der Waals surface area contributed by atoms with Crippen LogP contribution in [-0.4, -0.2) is 32.0 Å². The molecule has 0 spiro atoms. The molecule has 9 nitrogen and oxygen atoms in total. The van der Waals surface area contributed by atoms with Gasteiger partial charge in [-0.2, -0.15) is 0 Å². The van der Waals surface area contributed by atoms with E-state index >= 15 is 0 Å². The van der Waals surface area contributed by atoms with Gasteiger partial charge >= 0.3 is 0 Å². The molecule has 11 heteroatoms. The summed E-state index contributed by atoms with van der Waals surface area (Å²) in [5, 5.41) is 13.1. The molecule has 0 unspecified atom stereocenters. The molecule has 1 aromatic heterocycles. The van der Waals surface area contributed by atoms with Gasteiger partial charge in [-0.15, -0.1) is 5.10 Å². The zero-order chi connectivity index (χ0) is 22.5. The molecule has 1 saturated heterocycles. The third kappa shape index (κ3) is 5.74. The van der Waals surface area contributed by atoms with Crippen molar-refractivity contribution in [3.05, 3.63) is 75.9 Å². The van der Waals surface area contributed by atoms with Gasteiger partial charge in [0.05, 0.1) is 11.1 Å². The predicted molar refractivity (Wildman–Crippen MR) is 120 cm³/mol. The molecule has 0 aliphatic carbocycles. The van der Waals surface area contributed by atoms with E-state index in [4.69, 9.17) is 16.3 Å². The Balaban J connectivity index is 1.28. The van der Waals surface area contributed by atoms with Crippen LogP contribution in [0.4, 0.5) is 10.5 Å². The van der Waals surface area contributed by atoms with E-state index in [0.717, 1.165) is 17.3 Å². The molecular formula is C21H16ClN5O4S. The first-order valence-corrected chi connectivity index (χ1v) is 10.6. The number of anilines is 1. The van der Waals surface area contributed by atoms with Gasteiger partial charge in [-0.25, -0.2) is 4.68 Å². The van der Waals surface area contributed by atoms with E-state index in [1.807, 2.05) is 0 Å². The van der Waals surface area contributed by atoms with Gasteiger partial charge < -0.3 is 10.1 Å². The topological polar surface area (TPSA) is 115 Å². The molecule has 1 aliphatic heterocycles. The Bertz CT molecular complexity index is 1190. The first-order chi connectivity index (χ1) is 15.4. The second kappa shape index (κ2) is 9.67. The lowest BCUT2D eigenvalue weighted by Gasteiger charge is -2.05. The maximum absolute atomic E-state index is 12.1. The van der Waals surface area contributed by atoms with E-state index < -0.39 is 5.91 Å². The third-order valence-electron chi connectivity index (χ3n) is 4.23. The zero-order valence-corrected chi connectivity index (χ0v) is 18.0. The van der Waals surface area contributed by atoms with Gasteiger partial charge in [0.15, 0.2) is 0 Å². The smallest absolute Gasteiger partial charge is 0.290 e. The Hall–Kier alpha value is -3.63. The third-order valence-corrected chi connectivity index (χ3v) is 5.29. The van der Waals surface area contributed by atoms with E-state index in [-0.39, 0.29) is 24.3 Å². The summed E-state index contributed by atoms with van der Waals surface area (Å²) in [6.45, 7) is 0.180. The van der Waals surface area contributed by atoms with Gasteiger partial charge in [0.1, 0.15) is 24.6 Å². The van der Waals surface area contributed by atoms with Gasteiger partial charge in [0.25, 0.3) is 11.1 Å². The minimum atomic E-state index is -0.398. The van der Waals surface area contributed by atoms with Crippen LogP contribution in [0, 0.1) is 0 Å². The Morgan fingerprint density at radius 2 is 1.91 bits per heavy atom. The van der Waals surface area contributed by atoms with Crippen molar-refractivity contribution >= 4 is 52.2 Å². The van der Waals surface area contributed by atoms with Crippen molar-refractivity contribution in [1.82, 2.24) is 20.3 Å². The molecule has 0 saturated carbocycles. The predicted octanol–water partition coefficient (Wildman–Crippen LogP) is 3.47. The minimum absolute atomic E-state index is 0.00703. The number of thioether (sulfide) groups is 1. The van der Waals surface area contributed by atoms with Gasteiger partial charge in [0.2, 0.25) is 5.91 Å². The number of hydrogen-bond acceptors (Lipinski definition) is 7. The summed E-state index contributed by atoms with van der Waals surface area (Å²) in [6.07, 6.45) is 3.27. The number of nitrogens with zero attached hydrogens (tertiary/aromatic N) is 3. The summed E-state index contributed by atoms with van der Waals surface area (Å²) in [5.74, 6) is -0.0442. The molecule has 162 valence electrons. The molecule has 1 aliphatic rings. The Morgan fingerprint density at radius 1 is 1.16 bits per heavy atom. The number of carbonyl (C=O) groups excluding carboxylic acids is 3. The van der Waals surface area contributed by atoms with E-state index in [9.17, 15) is 14.4 Å². The van der Waals surface area contributed by atoms with Crippen LogP contribution in [0.1, 0.15) is 11.3 Å². The van der Waals surface area contributed by atoms with Crippen LogP contribution < -0.4 is 15.4 Å². The standard InChI is InChI=1S/C21H16ClN5O4S/c22-14-3-5-15(6-4-14)23-19(28)11-27-10-16(25-26-27)12-31-17-7-1-13(2-8-17)9-18-20(29)24-21(30)32-18/h1-10H,11-12H2,(H,23,28)(H,24,29,30). The number of benzene rings is 2. The van der Waals surface area contributed by atoms with Crippen LogP contribution in [0.15, 0.2) is 59.6 Å². The average Bonchev–Trinajstić information content (AvgIpc) is 3.34. The molecule has 1 fully saturated rings. The summed E-state index contributed by atoms with van der Waals surface area (Å²) < 4.78 is 7.11. The van der Waals surface area contributed by atoms with Gasteiger partial charge in [0, 0.05) is 10.7 Å². The minimum Gasteiger partial charge on any atom is -0.487 e. The number of imide groups is 1. The molecule has 2 N–H and O–H groups in total. The lowest BCUT2D eigenvalue weighted by Crippen LogP contribution is -2.19. The fraction of sp³-hybridized carbons (Fsp3) is 0.0952. The number of amides is 3. The van der Waals surface area contributed by atoms with Crippen molar-refractivity contribution in [2.75, 3.05) is 5.32 Å². The molecule has 4 rings (SSSR count). The van der Waals surface area contributed by atoms with Crippen molar-refractivity contribution in [1.29, 1.82) is 0 Å².